The quantitative estimate of drug-likeness (QED) is 0.753. The summed E-state index contributed by atoms with van der Waals surface area (Å²) in [6, 6.07) is 12.0. The van der Waals surface area contributed by atoms with Gasteiger partial charge in [-0.25, -0.2) is 8.42 Å². The largest absolute Gasteiger partial charge is 0.388 e. The third-order valence-electron chi connectivity index (χ3n) is 6.09. The normalized spacial score (nSPS) is 25.5. The number of sulfone groups is 1. The number of anilines is 2. The van der Waals surface area contributed by atoms with Crippen LogP contribution in [-0.2, 0) is 9.84 Å². The molecule has 2 bridgehead atoms. The zero-order valence-electron chi connectivity index (χ0n) is 14.9. The van der Waals surface area contributed by atoms with Crippen molar-refractivity contribution in [1.82, 2.24) is 4.90 Å². The lowest BCUT2D eigenvalue weighted by Crippen LogP contribution is -2.37. The molecule has 0 spiro atoms. The van der Waals surface area contributed by atoms with Gasteiger partial charge in [-0.2, -0.15) is 0 Å². The molecule has 6 rings (SSSR count). The van der Waals surface area contributed by atoms with Crippen LogP contribution in [0.5, 0.6) is 0 Å². The van der Waals surface area contributed by atoms with Gasteiger partial charge in [0, 0.05) is 61.8 Å². The number of piperidine rings is 1. The van der Waals surface area contributed by atoms with Gasteiger partial charge in [0.05, 0.1) is 9.79 Å². The predicted molar refractivity (Wildman–Crippen MR) is 104 cm³/mol. The van der Waals surface area contributed by atoms with E-state index in [1.54, 1.807) is 6.07 Å². The van der Waals surface area contributed by atoms with E-state index < -0.39 is 9.84 Å². The molecule has 2 aromatic rings. The molecule has 0 aliphatic carbocycles. The second-order valence-electron chi connectivity index (χ2n) is 7.41. The van der Waals surface area contributed by atoms with Crippen LogP contribution in [0.4, 0.5) is 11.4 Å². The average Bonchev–Trinajstić information content (AvgIpc) is 2.88. The lowest BCUT2D eigenvalue weighted by molar-refractivity contribution is 0.250. The number of fused-ring (bicyclic) bond motifs is 7. The lowest BCUT2D eigenvalue weighted by Gasteiger charge is -2.33. The molecular formula is C20H23N3O2S. The van der Waals surface area contributed by atoms with Crippen LogP contribution in [0, 0.1) is 0 Å². The van der Waals surface area contributed by atoms with Crippen LogP contribution in [0.1, 0.15) is 12.8 Å². The summed E-state index contributed by atoms with van der Waals surface area (Å²) in [4.78, 5) is 5.81. The highest BCUT2D eigenvalue weighted by molar-refractivity contribution is 7.92. The van der Waals surface area contributed by atoms with E-state index in [-0.39, 0.29) is 0 Å². The standard InChI is InChI=1S/C20H23N3O2S/c1-21-14-2-5-19-18(12-14)17-4-3-16(13-20(17)26(19,24)25)23-11-10-22-8-6-15(23)7-9-22/h2-5,12-13,15,21H,6-11H2,1H3. The number of nitrogens with one attached hydrogen (secondary N) is 1. The molecule has 4 aliphatic heterocycles. The number of benzene rings is 2. The first-order valence-corrected chi connectivity index (χ1v) is 10.8. The van der Waals surface area contributed by atoms with Crippen LogP contribution in [-0.4, -0.2) is 52.6 Å². The Kier molecular flexibility index (Phi) is 3.56. The lowest BCUT2D eigenvalue weighted by atomic mass is 10.0. The van der Waals surface area contributed by atoms with Gasteiger partial charge >= 0.3 is 0 Å². The summed E-state index contributed by atoms with van der Waals surface area (Å²) in [6.45, 7) is 4.34. The molecule has 4 aliphatic rings. The third-order valence-corrected chi connectivity index (χ3v) is 7.94. The van der Waals surface area contributed by atoms with Crippen molar-refractivity contribution in [3.63, 3.8) is 0 Å². The highest BCUT2D eigenvalue weighted by Gasteiger charge is 2.35. The smallest absolute Gasteiger partial charge is 0.207 e. The van der Waals surface area contributed by atoms with E-state index in [0.29, 0.717) is 15.8 Å². The Bertz CT molecular complexity index is 979. The molecule has 0 saturated carbocycles. The Morgan fingerprint density at radius 1 is 0.923 bits per heavy atom. The third kappa shape index (κ3) is 2.28. The Labute approximate surface area is 154 Å². The molecule has 0 unspecified atom stereocenters. The first kappa shape index (κ1) is 16.1. The fourth-order valence-corrected chi connectivity index (χ4v) is 6.30. The first-order chi connectivity index (χ1) is 12.6. The van der Waals surface area contributed by atoms with Crippen LogP contribution < -0.4 is 10.2 Å². The highest BCUT2D eigenvalue weighted by Crippen LogP contribution is 2.45. The van der Waals surface area contributed by atoms with Crippen molar-refractivity contribution >= 4 is 21.2 Å². The number of hydrogen-bond acceptors (Lipinski definition) is 5. The fourth-order valence-electron chi connectivity index (χ4n) is 4.61. The maximum absolute atomic E-state index is 13.1. The van der Waals surface area contributed by atoms with Crippen molar-refractivity contribution in [3.05, 3.63) is 36.4 Å². The molecular weight excluding hydrogens is 346 g/mol. The van der Waals surface area contributed by atoms with Crippen molar-refractivity contribution < 1.29 is 8.42 Å². The van der Waals surface area contributed by atoms with E-state index >= 15 is 0 Å². The van der Waals surface area contributed by atoms with Crippen LogP contribution >= 0.6 is 0 Å². The van der Waals surface area contributed by atoms with E-state index in [9.17, 15) is 8.42 Å². The number of hydrogen-bond donors (Lipinski definition) is 1. The van der Waals surface area contributed by atoms with E-state index in [2.05, 4.69) is 21.2 Å². The average molecular weight is 369 g/mol. The summed E-state index contributed by atoms with van der Waals surface area (Å²) >= 11 is 0. The highest BCUT2D eigenvalue weighted by atomic mass is 32.2. The molecule has 0 atom stereocenters. The first-order valence-electron chi connectivity index (χ1n) is 9.28. The summed E-state index contributed by atoms with van der Waals surface area (Å²) in [5.74, 6) is 0. The zero-order valence-corrected chi connectivity index (χ0v) is 15.7. The summed E-state index contributed by atoms with van der Waals surface area (Å²) in [5.41, 5.74) is 3.60. The second-order valence-corrected chi connectivity index (χ2v) is 9.30. The Hall–Kier alpha value is -2.05. The van der Waals surface area contributed by atoms with Crippen LogP contribution in [0.2, 0.25) is 0 Å². The molecule has 2 aromatic carbocycles. The number of rotatable bonds is 2. The van der Waals surface area contributed by atoms with Crippen molar-refractivity contribution in [1.29, 1.82) is 0 Å². The van der Waals surface area contributed by atoms with Gasteiger partial charge in [-0.15, -0.1) is 0 Å². The van der Waals surface area contributed by atoms with Crippen LogP contribution in [0.25, 0.3) is 11.1 Å². The van der Waals surface area contributed by atoms with E-state index in [1.807, 2.05) is 31.3 Å². The Morgan fingerprint density at radius 3 is 2.50 bits per heavy atom. The minimum Gasteiger partial charge on any atom is -0.388 e. The minimum absolute atomic E-state index is 0.423. The van der Waals surface area contributed by atoms with Crippen molar-refractivity contribution in [2.75, 3.05) is 43.4 Å². The zero-order chi connectivity index (χ0) is 17.9. The summed E-state index contributed by atoms with van der Waals surface area (Å²) < 4.78 is 26.2. The maximum Gasteiger partial charge on any atom is 0.207 e. The van der Waals surface area contributed by atoms with Gasteiger partial charge in [0.2, 0.25) is 9.84 Å². The van der Waals surface area contributed by atoms with Crippen LogP contribution in [0.3, 0.4) is 0 Å². The molecule has 6 heteroatoms. The van der Waals surface area contributed by atoms with Gasteiger partial charge in [-0.3, -0.25) is 0 Å². The SMILES string of the molecule is CNc1ccc2c(c1)-c1ccc(N3CCN4CCC3CC4)cc1S2(=O)=O. The molecule has 5 nitrogen and oxygen atoms in total. The molecule has 1 N–H and O–H groups in total. The Morgan fingerprint density at radius 2 is 1.73 bits per heavy atom. The molecule has 26 heavy (non-hydrogen) atoms. The molecule has 0 radical (unpaired) electrons. The summed E-state index contributed by atoms with van der Waals surface area (Å²) in [6.07, 6.45) is 2.32. The molecule has 136 valence electrons. The van der Waals surface area contributed by atoms with Gasteiger partial charge in [-0.1, -0.05) is 6.07 Å². The Balaban J connectivity index is 1.61. The molecule has 4 heterocycles. The molecule has 3 saturated heterocycles. The van der Waals surface area contributed by atoms with Crippen molar-refractivity contribution in [3.8, 4) is 11.1 Å². The van der Waals surface area contributed by atoms with E-state index in [4.69, 9.17) is 0 Å². The van der Waals surface area contributed by atoms with Gasteiger partial charge in [-0.05, 0) is 43.2 Å². The van der Waals surface area contributed by atoms with E-state index in [1.165, 1.54) is 0 Å². The predicted octanol–water partition coefficient (Wildman–Crippen LogP) is 2.83. The summed E-state index contributed by atoms with van der Waals surface area (Å²) in [7, 11) is -1.59. The number of nitrogens with zero attached hydrogens (tertiary/aromatic N) is 2. The van der Waals surface area contributed by atoms with E-state index in [0.717, 1.165) is 61.5 Å². The van der Waals surface area contributed by atoms with Gasteiger partial charge in [0.1, 0.15) is 0 Å². The molecule has 3 fully saturated rings. The minimum atomic E-state index is -3.44. The van der Waals surface area contributed by atoms with Crippen LogP contribution in [0.15, 0.2) is 46.2 Å². The van der Waals surface area contributed by atoms with Gasteiger partial charge < -0.3 is 15.1 Å². The van der Waals surface area contributed by atoms with Gasteiger partial charge in [0.25, 0.3) is 0 Å². The second kappa shape index (κ2) is 5.72. The maximum atomic E-state index is 13.1. The van der Waals surface area contributed by atoms with Crippen molar-refractivity contribution in [2.45, 2.75) is 28.7 Å². The summed E-state index contributed by atoms with van der Waals surface area (Å²) in [5, 5.41) is 3.10. The molecule has 0 amide bonds. The molecule has 0 aromatic heterocycles. The van der Waals surface area contributed by atoms with Gasteiger partial charge in [0.15, 0.2) is 0 Å². The topological polar surface area (TPSA) is 52.6 Å². The fraction of sp³-hybridized carbons (Fsp3) is 0.400. The monoisotopic (exact) mass is 369 g/mol. The van der Waals surface area contributed by atoms with Crippen molar-refractivity contribution in [2.24, 2.45) is 0 Å².